The molecular formula is C11H18N4. The Kier molecular flexibility index (Phi) is 2.75. The topological polar surface area (TPSA) is 55.0 Å². The molecule has 1 aliphatic rings. The minimum absolute atomic E-state index is 0.562. The SMILES string of the molecule is Cc1c(N)ncnc1N1CCCCC1C. The molecule has 1 saturated heterocycles. The molecule has 0 aliphatic carbocycles. The van der Waals surface area contributed by atoms with Gasteiger partial charge in [0.15, 0.2) is 0 Å². The molecule has 1 aliphatic heterocycles. The molecule has 2 heterocycles. The van der Waals surface area contributed by atoms with Crippen LogP contribution in [0.2, 0.25) is 0 Å². The van der Waals surface area contributed by atoms with E-state index in [1.54, 1.807) is 6.33 Å². The van der Waals surface area contributed by atoms with Gasteiger partial charge in [-0.3, -0.25) is 0 Å². The number of aromatic nitrogens is 2. The van der Waals surface area contributed by atoms with Crippen LogP contribution in [0.1, 0.15) is 31.7 Å². The third kappa shape index (κ3) is 1.89. The van der Waals surface area contributed by atoms with Crippen molar-refractivity contribution in [1.82, 2.24) is 9.97 Å². The molecule has 1 aromatic rings. The Bertz CT molecular complexity index is 350. The van der Waals surface area contributed by atoms with Crippen LogP contribution in [0.15, 0.2) is 6.33 Å². The number of rotatable bonds is 1. The van der Waals surface area contributed by atoms with E-state index in [0.717, 1.165) is 17.9 Å². The summed E-state index contributed by atoms with van der Waals surface area (Å²) in [5.74, 6) is 1.60. The molecule has 0 spiro atoms. The zero-order valence-electron chi connectivity index (χ0n) is 9.40. The van der Waals surface area contributed by atoms with Crippen molar-refractivity contribution in [3.63, 3.8) is 0 Å². The minimum Gasteiger partial charge on any atom is -0.383 e. The van der Waals surface area contributed by atoms with Crippen LogP contribution in [-0.2, 0) is 0 Å². The summed E-state index contributed by atoms with van der Waals surface area (Å²) >= 11 is 0. The van der Waals surface area contributed by atoms with E-state index in [-0.39, 0.29) is 0 Å². The van der Waals surface area contributed by atoms with E-state index in [1.807, 2.05) is 6.92 Å². The number of anilines is 2. The van der Waals surface area contributed by atoms with Crippen LogP contribution in [-0.4, -0.2) is 22.6 Å². The molecule has 4 nitrogen and oxygen atoms in total. The van der Waals surface area contributed by atoms with Crippen molar-refractivity contribution < 1.29 is 0 Å². The highest BCUT2D eigenvalue weighted by molar-refractivity contribution is 5.56. The second kappa shape index (κ2) is 4.04. The van der Waals surface area contributed by atoms with E-state index in [0.29, 0.717) is 11.9 Å². The maximum atomic E-state index is 5.79. The first kappa shape index (κ1) is 10.2. The molecule has 0 saturated carbocycles. The monoisotopic (exact) mass is 206 g/mol. The van der Waals surface area contributed by atoms with Crippen LogP contribution in [0.5, 0.6) is 0 Å². The Morgan fingerprint density at radius 3 is 2.93 bits per heavy atom. The van der Waals surface area contributed by atoms with Gasteiger partial charge in [0.1, 0.15) is 18.0 Å². The summed E-state index contributed by atoms with van der Waals surface area (Å²) in [4.78, 5) is 10.7. The summed E-state index contributed by atoms with van der Waals surface area (Å²) in [5.41, 5.74) is 6.80. The van der Waals surface area contributed by atoms with Crippen LogP contribution < -0.4 is 10.6 Å². The summed E-state index contributed by atoms with van der Waals surface area (Å²) in [7, 11) is 0. The number of nitrogen functional groups attached to an aromatic ring is 1. The maximum absolute atomic E-state index is 5.79. The fraction of sp³-hybridized carbons (Fsp3) is 0.636. The Balaban J connectivity index is 2.31. The quantitative estimate of drug-likeness (QED) is 0.760. The van der Waals surface area contributed by atoms with E-state index in [2.05, 4.69) is 21.8 Å². The molecule has 0 radical (unpaired) electrons. The van der Waals surface area contributed by atoms with Gasteiger partial charge in [0.25, 0.3) is 0 Å². The first-order chi connectivity index (χ1) is 7.20. The predicted molar refractivity (Wildman–Crippen MR) is 61.8 cm³/mol. The van der Waals surface area contributed by atoms with Crippen molar-refractivity contribution in [2.45, 2.75) is 39.2 Å². The highest BCUT2D eigenvalue weighted by Gasteiger charge is 2.21. The first-order valence-electron chi connectivity index (χ1n) is 5.54. The third-order valence-corrected chi connectivity index (χ3v) is 3.17. The molecule has 0 aromatic carbocycles. The Morgan fingerprint density at radius 1 is 1.40 bits per heavy atom. The van der Waals surface area contributed by atoms with Crippen LogP contribution in [0.3, 0.4) is 0 Å². The van der Waals surface area contributed by atoms with Gasteiger partial charge in [-0.1, -0.05) is 0 Å². The van der Waals surface area contributed by atoms with E-state index in [9.17, 15) is 0 Å². The van der Waals surface area contributed by atoms with Crippen molar-refractivity contribution in [3.05, 3.63) is 11.9 Å². The molecule has 1 atom stereocenters. The van der Waals surface area contributed by atoms with Crippen LogP contribution in [0.25, 0.3) is 0 Å². The smallest absolute Gasteiger partial charge is 0.137 e. The van der Waals surface area contributed by atoms with Crippen LogP contribution in [0, 0.1) is 6.92 Å². The Labute approximate surface area is 90.5 Å². The molecular weight excluding hydrogens is 188 g/mol. The Morgan fingerprint density at radius 2 is 2.20 bits per heavy atom. The second-order valence-electron chi connectivity index (χ2n) is 4.25. The van der Waals surface area contributed by atoms with Gasteiger partial charge < -0.3 is 10.6 Å². The van der Waals surface area contributed by atoms with Crippen molar-refractivity contribution in [1.29, 1.82) is 0 Å². The summed E-state index contributed by atoms with van der Waals surface area (Å²) < 4.78 is 0. The molecule has 82 valence electrons. The fourth-order valence-electron chi connectivity index (χ4n) is 2.16. The molecule has 2 rings (SSSR count). The molecule has 0 amide bonds. The molecule has 4 heteroatoms. The van der Waals surface area contributed by atoms with Gasteiger partial charge in [0.2, 0.25) is 0 Å². The van der Waals surface area contributed by atoms with Crippen molar-refractivity contribution in [2.75, 3.05) is 17.2 Å². The second-order valence-corrected chi connectivity index (χ2v) is 4.25. The van der Waals surface area contributed by atoms with Gasteiger partial charge in [-0.05, 0) is 33.1 Å². The van der Waals surface area contributed by atoms with Crippen molar-refractivity contribution >= 4 is 11.6 Å². The largest absolute Gasteiger partial charge is 0.383 e. The highest BCUT2D eigenvalue weighted by Crippen LogP contribution is 2.26. The molecule has 1 fully saturated rings. The molecule has 15 heavy (non-hydrogen) atoms. The molecule has 1 unspecified atom stereocenters. The molecule has 0 bridgehead atoms. The van der Waals surface area contributed by atoms with E-state index < -0.39 is 0 Å². The predicted octanol–water partition coefficient (Wildman–Crippen LogP) is 1.75. The average Bonchev–Trinajstić information content (AvgIpc) is 2.23. The van der Waals surface area contributed by atoms with E-state index in [4.69, 9.17) is 5.73 Å². The molecule has 1 aromatic heterocycles. The zero-order valence-corrected chi connectivity index (χ0v) is 9.40. The lowest BCUT2D eigenvalue weighted by Crippen LogP contribution is -2.38. The van der Waals surface area contributed by atoms with Gasteiger partial charge in [-0.15, -0.1) is 0 Å². The summed E-state index contributed by atoms with van der Waals surface area (Å²) in [6.45, 7) is 5.32. The number of nitrogens with two attached hydrogens (primary N) is 1. The summed E-state index contributed by atoms with van der Waals surface area (Å²) in [5, 5.41) is 0. The lowest BCUT2D eigenvalue weighted by atomic mass is 10.0. The highest BCUT2D eigenvalue weighted by atomic mass is 15.2. The molecule has 2 N–H and O–H groups in total. The summed E-state index contributed by atoms with van der Waals surface area (Å²) in [6, 6.07) is 0.562. The van der Waals surface area contributed by atoms with Crippen molar-refractivity contribution in [3.8, 4) is 0 Å². The van der Waals surface area contributed by atoms with Crippen LogP contribution >= 0.6 is 0 Å². The lowest BCUT2D eigenvalue weighted by molar-refractivity contribution is 0.480. The zero-order chi connectivity index (χ0) is 10.8. The number of nitrogens with zero attached hydrogens (tertiary/aromatic N) is 3. The van der Waals surface area contributed by atoms with Crippen molar-refractivity contribution in [2.24, 2.45) is 0 Å². The number of hydrogen-bond acceptors (Lipinski definition) is 4. The minimum atomic E-state index is 0.562. The average molecular weight is 206 g/mol. The normalized spacial score (nSPS) is 21.7. The van der Waals surface area contributed by atoms with Gasteiger partial charge in [-0.2, -0.15) is 0 Å². The van der Waals surface area contributed by atoms with Gasteiger partial charge in [0, 0.05) is 18.2 Å². The number of hydrogen-bond donors (Lipinski definition) is 1. The van der Waals surface area contributed by atoms with E-state index >= 15 is 0 Å². The van der Waals surface area contributed by atoms with Gasteiger partial charge in [-0.25, -0.2) is 9.97 Å². The standard InChI is InChI=1S/C11H18N4/c1-8-5-3-4-6-15(8)11-9(2)10(12)13-7-14-11/h7-8H,3-6H2,1-2H3,(H2,12,13,14). The first-order valence-corrected chi connectivity index (χ1v) is 5.54. The van der Waals surface area contributed by atoms with Gasteiger partial charge >= 0.3 is 0 Å². The lowest BCUT2D eigenvalue weighted by Gasteiger charge is -2.35. The summed E-state index contributed by atoms with van der Waals surface area (Å²) in [6.07, 6.45) is 5.35. The Hall–Kier alpha value is -1.32. The van der Waals surface area contributed by atoms with Crippen LogP contribution in [0.4, 0.5) is 11.6 Å². The fourth-order valence-corrected chi connectivity index (χ4v) is 2.16. The number of piperidine rings is 1. The maximum Gasteiger partial charge on any atom is 0.137 e. The van der Waals surface area contributed by atoms with E-state index in [1.165, 1.54) is 19.3 Å². The van der Waals surface area contributed by atoms with Gasteiger partial charge in [0.05, 0.1) is 0 Å². The third-order valence-electron chi connectivity index (χ3n) is 3.17.